The normalized spacial score (nSPS) is 12.5. The summed E-state index contributed by atoms with van der Waals surface area (Å²) < 4.78 is 0. The summed E-state index contributed by atoms with van der Waals surface area (Å²) in [6.07, 6.45) is 0.988. The van der Waals surface area contributed by atoms with E-state index in [-0.39, 0.29) is 11.3 Å². The van der Waals surface area contributed by atoms with E-state index in [1.165, 1.54) is 6.07 Å². The highest BCUT2D eigenvalue weighted by atomic mass is 16.5. The second-order valence-electron chi connectivity index (χ2n) is 3.63. The van der Waals surface area contributed by atoms with Gasteiger partial charge in [-0.15, -0.1) is 0 Å². The molecule has 0 unspecified atom stereocenters. The Morgan fingerprint density at radius 1 is 1.24 bits per heavy atom. The van der Waals surface area contributed by atoms with Crippen LogP contribution in [0.3, 0.4) is 0 Å². The van der Waals surface area contributed by atoms with Crippen molar-refractivity contribution in [3.8, 4) is 11.5 Å². The first-order valence-electron chi connectivity index (χ1n) is 4.64. The highest BCUT2D eigenvalue weighted by Crippen LogP contribution is 2.27. The van der Waals surface area contributed by atoms with E-state index in [9.17, 15) is 20.1 Å². The number of phenolic OH excluding ortho intramolecular Hbond substituents is 2. The Hall–Kier alpha value is -2.05. The van der Waals surface area contributed by atoms with Gasteiger partial charge < -0.3 is 25.5 Å². The van der Waals surface area contributed by atoms with Crippen molar-refractivity contribution in [2.24, 2.45) is 0 Å². The molecule has 0 aliphatic heterocycles. The maximum Gasteiger partial charge on any atom is 0.337 e. The molecule has 0 aliphatic carbocycles. The topological polar surface area (TPSA) is 118 Å². The number of carboxylic acids is 1. The van der Waals surface area contributed by atoms with Gasteiger partial charge in [-0.25, -0.2) is 4.79 Å². The van der Waals surface area contributed by atoms with E-state index >= 15 is 0 Å². The number of phenols is 2. The summed E-state index contributed by atoms with van der Waals surface area (Å²) in [5.41, 5.74) is -0.436. The van der Waals surface area contributed by atoms with Crippen LogP contribution in [0, 0.1) is 0 Å². The van der Waals surface area contributed by atoms with Crippen molar-refractivity contribution >= 4 is 12.0 Å². The lowest BCUT2D eigenvalue weighted by molar-refractivity contribution is -0.147. The monoisotopic (exact) mass is 240 g/mol. The molecule has 1 aromatic carbocycles. The molecular formula is C11H12O6. The largest absolute Gasteiger partial charge is 0.504 e. The van der Waals surface area contributed by atoms with Crippen molar-refractivity contribution in [1.82, 2.24) is 0 Å². The van der Waals surface area contributed by atoms with Crippen molar-refractivity contribution in [3.63, 3.8) is 0 Å². The summed E-state index contributed by atoms with van der Waals surface area (Å²) in [6.45, 7) is 0.910. The van der Waals surface area contributed by atoms with Crippen molar-refractivity contribution in [2.75, 3.05) is 0 Å². The molecule has 0 heterocycles. The van der Waals surface area contributed by atoms with E-state index < -0.39 is 23.1 Å². The first-order chi connectivity index (χ1) is 7.71. The number of aliphatic hydroxyl groups is 2. The third kappa shape index (κ3) is 3.20. The average molecular weight is 240 g/mol. The van der Waals surface area contributed by atoms with Gasteiger partial charge >= 0.3 is 5.97 Å². The molecule has 6 heteroatoms. The van der Waals surface area contributed by atoms with E-state index in [1.807, 2.05) is 0 Å². The minimum atomic E-state index is -2.50. The molecule has 5 N–H and O–H groups in total. The Morgan fingerprint density at radius 3 is 2.24 bits per heavy atom. The predicted octanol–water partition coefficient (Wildman–Crippen LogP) is 0.267. The van der Waals surface area contributed by atoms with Crippen LogP contribution >= 0.6 is 0 Å². The minimum absolute atomic E-state index is 0.215. The Balaban J connectivity index is 3.23. The molecule has 1 aromatic rings. The zero-order chi connectivity index (χ0) is 13.2. The van der Waals surface area contributed by atoms with Crippen LogP contribution in [0.1, 0.15) is 12.5 Å². The van der Waals surface area contributed by atoms with E-state index in [4.69, 9.17) is 10.2 Å². The second kappa shape index (κ2) is 4.44. The van der Waals surface area contributed by atoms with Gasteiger partial charge in [0, 0.05) is 0 Å². The number of aromatic hydroxyl groups is 2. The van der Waals surface area contributed by atoms with E-state index in [0.717, 1.165) is 25.1 Å². The number of carboxylic acid groups (broad SMARTS) is 1. The van der Waals surface area contributed by atoms with Crippen LogP contribution in [-0.2, 0) is 4.79 Å². The van der Waals surface area contributed by atoms with Crippen LogP contribution in [0.2, 0.25) is 0 Å². The molecule has 0 saturated heterocycles. The highest BCUT2D eigenvalue weighted by Gasteiger charge is 2.28. The number of aliphatic carboxylic acids is 1. The van der Waals surface area contributed by atoms with Gasteiger partial charge in [-0.3, -0.25) is 0 Å². The molecule has 17 heavy (non-hydrogen) atoms. The van der Waals surface area contributed by atoms with Crippen molar-refractivity contribution < 1.29 is 30.3 Å². The van der Waals surface area contributed by atoms with Gasteiger partial charge in [-0.1, -0.05) is 6.07 Å². The number of carbonyl (C=O) groups is 1. The number of benzene rings is 1. The van der Waals surface area contributed by atoms with Gasteiger partial charge in [0.1, 0.15) is 0 Å². The molecule has 0 bridgehead atoms. The lowest BCUT2D eigenvalue weighted by Crippen LogP contribution is -2.30. The van der Waals surface area contributed by atoms with Crippen molar-refractivity contribution in [2.45, 2.75) is 12.7 Å². The number of hydrogen-bond donors (Lipinski definition) is 5. The first-order valence-corrected chi connectivity index (χ1v) is 4.64. The lowest BCUT2D eigenvalue weighted by atomic mass is 10.0. The summed E-state index contributed by atoms with van der Waals surface area (Å²) in [6, 6.07) is 3.58. The lowest BCUT2D eigenvalue weighted by Gasteiger charge is -2.16. The summed E-state index contributed by atoms with van der Waals surface area (Å²) in [7, 11) is 0. The summed E-state index contributed by atoms with van der Waals surface area (Å²) in [4.78, 5) is 10.8. The fourth-order valence-electron chi connectivity index (χ4n) is 1.20. The first kappa shape index (κ1) is 13.0. The summed E-state index contributed by atoms with van der Waals surface area (Å²) >= 11 is 0. The quantitative estimate of drug-likeness (QED) is 0.294. The standard InChI is InChI=1S/C11H12O6/c1-11(16,17)7(10(14)15)4-6-2-3-8(12)9(13)5-6/h2-5,12-13,16-17H,1H3,(H,14,15). The Kier molecular flexibility index (Phi) is 3.40. The number of hydrogen-bond acceptors (Lipinski definition) is 5. The van der Waals surface area contributed by atoms with Crippen LogP contribution in [0.5, 0.6) is 11.5 Å². The van der Waals surface area contributed by atoms with E-state index in [0.29, 0.717) is 0 Å². The van der Waals surface area contributed by atoms with Gasteiger partial charge in [0.05, 0.1) is 5.57 Å². The number of rotatable bonds is 3. The van der Waals surface area contributed by atoms with Gasteiger partial charge in [-0.05, 0) is 30.7 Å². The van der Waals surface area contributed by atoms with Crippen LogP contribution in [-0.4, -0.2) is 37.3 Å². The Labute approximate surface area is 96.7 Å². The van der Waals surface area contributed by atoms with E-state index in [1.54, 1.807) is 0 Å². The zero-order valence-electron chi connectivity index (χ0n) is 8.95. The fraction of sp³-hybridized carbons (Fsp3) is 0.182. The molecule has 0 saturated carbocycles. The van der Waals surface area contributed by atoms with Gasteiger partial charge in [-0.2, -0.15) is 0 Å². The molecule has 0 amide bonds. The van der Waals surface area contributed by atoms with Gasteiger partial charge in [0.15, 0.2) is 17.3 Å². The third-order valence-corrected chi connectivity index (χ3v) is 2.05. The van der Waals surface area contributed by atoms with E-state index in [2.05, 4.69) is 0 Å². The van der Waals surface area contributed by atoms with Crippen LogP contribution in [0.25, 0.3) is 6.08 Å². The molecule has 0 fully saturated rings. The van der Waals surface area contributed by atoms with Crippen molar-refractivity contribution in [1.29, 1.82) is 0 Å². The molecule has 0 aliphatic rings. The molecular weight excluding hydrogens is 228 g/mol. The third-order valence-electron chi connectivity index (χ3n) is 2.05. The molecule has 6 nitrogen and oxygen atoms in total. The van der Waals surface area contributed by atoms with Gasteiger partial charge in [0.2, 0.25) is 0 Å². The Bertz CT molecular complexity index is 469. The Morgan fingerprint density at radius 2 is 1.82 bits per heavy atom. The van der Waals surface area contributed by atoms with Crippen molar-refractivity contribution in [3.05, 3.63) is 29.3 Å². The average Bonchev–Trinajstić information content (AvgIpc) is 2.17. The molecule has 0 atom stereocenters. The second-order valence-corrected chi connectivity index (χ2v) is 3.63. The zero-order valence-corrected chi connectivity index (χ0v) is 8.95. The molecule has 1 rings (SSSR count). The van der Waals surface area contributed by atoms with Crippen LogP contribution in [0.4, 0.5) is 0 Å². The molecule has 92 valence electrons. The van der Waals surface area contributed by atoms with Crippen LogP contribution < -0.4 is 0 Å². The SMILES string of the molecule is CC(O)(O)C(=Cc1ccc(O)c(O)c1)C(=O)O. The molecule has 0 radical (unpaired) electrons. The molecule has 0 aromatic heterocycles. The smallest absolute Gasteiger partial charge is 0.337 e. The highest BCUT2D eigenvalue weighted by molar-refractivity contribution is 5.93. The maximum absolute atomic E-state index is 10.8. The van der Waals surface area contributed by atoms with Gasteiger partial charge in [0.25, 0.3) is 0 Å². The predicted molar refractivity (Wildman–Crippen MR) is 58.2 cm³/mol. The molecule has 0 spiro atoms. The minimum Gasteiger partial charge on any atom is -0.504 e. The van der Waals surface area contributed by atoms with Crippen LogP contribution in [0.15, 0.2) is 23.8 Å². The fourth-order valence-corrected chi connectivity index (χ4v) is 1.20. The maximum atomic E-state index is 10.8. The summed E-state index contributed by atoms with van der Waals surface area (Å²) in [5, 5.41) is 45.5. The summed E-state index contributed by atoms with van der Waals surface area (Å²) in [5.74, 6) is -4.78.